The highest BCUT2D eigenvalue weighted by molar-refractivity contribution is 7.90. The van der Waals surface area contributed by atoms with Crippen molar-refractivity contribution in [2.75, 3.05) is 65.2 Å². The Morgan fingerprint density at radius 3 is 2.05 bits per heavy atom. The van der Waals surface area contributed by atoms with E-state index in [2.05, 4.69) is 0 Å². The van der Waals surface area contributed by atoms with Crippen LogP contribution in [-0.2, 0) is 45.5 Å². The summed E-state index contributed by atoms with van der Waals surface area (Å²) in [5, 5.41) is 0.425. The second-order valence-electron chi connectivity index (χ2n) is 13.8. The number of esters is 1. The molecule has 0 aliphatic carbocycles. The molecule has 5 aromatic rings. The molecule has 300 valence electrons. The first-order valence-electron chi connectivity index (χ1n) is 18.1. The van der Waals surface area contributed by atoms with E-state index in [4.69, 9.17) is 38.9 Å². The SMILES string of the molecule is Cc1ccc(S(=O)(=O)n2ccc3c(-c4cc(N)ccc4Oc4cccc(OCCOCCOCCOCCOCC(=O)OC(C)(C)C)c4)cn(C)c(=O)c32)cc1. The van der Waals surface area contributed by atoms with Gasteiger partial charge in [0.2, 0.25) is 0 Å². The van der Waals surface area contributed by atoms with Crippen molar-refractivity contribution in [3.05, 3.63) is 101 Å². The van der Waals surface area contributed by atoms with Crippen LogP contribution in [0, 0.1) is 6.92 Å². The first-order chi connectivity index (χ1) is 26.7. The number of nitrogens with zero attached hydrogens (tertiary/aromatic N) is 2. The van der Waals surface area contributed by atoms with Gasteiger partial charge in [0.05, 0.1) is 51.1 Å². The molecule has 14 nitrogen and oxygen atoms in total. The first kappa shape index (κ1) is 42.0. The number of aromatic nitrogens is 2. The van der Waals surface area contributed by atoms with E-state index >= 15 is 0 Å². The molecule has 2 aromatic heterocycles. The lowest BCUT2D eigenvalue weighted by atomic mass is 10.0. The van der Waals surface area contributed by atoms with Gasteiger partial charge in [-0.2, -0.15) is 0 Å². The molecule has 2 N–H and O–H groups in total. The van der Waals surface area contributed by atoms with Crippen LogP contribution in [0.4, 0.5) is 5.69 Å². The number of pyridine rings is 1. The number of rotatable bonds is 20. The van der Waals surface area contributed by atoms with Crippen molar-refractivity contribution in [2.45, 2.75) is 38.2 Å². The summed E-state index contributed by atoms with van der Waals surface area (Å²) in [4.78, 5) is 25.1. The van der Waals surface area contributed by atoms with Gasteiger partial charge in [0, 0.05) is 47.7 Å². The number of aryl methyl sites for hydroxylation is 2. The van der Waals surface area contributed by atoms with Gasteiger partial charge in [-0.25, -0.2) is 17.2 Å². The average molecular weight is 792 g/mol. The Morgan fingerprint density at radius 1 is 0.768 bits per heavy atom. The molecule has 0 atom stereocenters. The van der Waals surface area contributed by atoms with E-state index in [1.807, 2.05) is 6.92 Å². The lowest BCUT2D eigenvalue weighted by Gasteiger charge is -2.19. The quantitative estimate of drug-likeness (QED) is 0.0580. The van der Waals surface area contributed by atoms with Gasteiger partial charge in [0.25, 0.3) is 15.6 Å². The molecule has 15 heteroatoms. The number of nitrogens with two attached hydrogens (primary N) is 1. The fraction of sp³-hybridized carbons (Fsp3) is 0.366. The van der Waals surface area contributed by atoms with Crippen molar-refractivity contribution in [3.63, 3.8) is 0 Å². The maximum Gasteiger partial charge on any atom is 0.332 e. The normalized spacial score (nSPS) is 11.9. The lowest BCUT2D eigenvalue weighted by molar-refractivity contribution is -0.160. The van der Waals surface area contributed by atoms with Crippen LogP contribution in [0.2, 0.25) is 0 Å². The number of carbonyl (C=O) groups is 1. The van der Waals surface area contributed by atoms with E-state index in [9.17, 15) is 18.0 Å². The molecule has 0 bridgehead atoms. The molecule has 0 radical (unpaired) electrons. The summed E-state index contributed by atoms with van der Waals surface area (Å²) < 4.78 is 69.0. The molecule has 0 unspecified atom stereocenters. The summed E-state index contributed by atoms with van der Waals surface area (Å²) >= 11 is 0. The van der Waals surface area contributed by atoms with Gasteiger partial charge in [-0.15, -0.1) is 0 Å². The van der Waals surface area contributed by atoms with Gasteiger partial charge in [-0.3, -0.25) is 4.79 Å². The second-order valence-corrected chi connectivity index (χ2v) is 15.6. The van der Waals surface area contributed by atoms with E-state index in [-0.39, 0.29) is 23.6 Å². The smallest absolute Gasteiger partial charge is 0.332 e. The molecule has 0 aliphatic rings. The van der Waals surface area contributed by atoms with Crippen molar-refractivity contribution in [3.8, 4) is 28.4 Å². The highest BCUT2D eigenvalue weighted by Crippen LogP contribution is 2.39. The number of hydrogen-bond donors (Lipinski definition) is 1. The third-order valence-electron chi connectivity index (χ3n) is 8.15. The minimum absolute atomic E-state index is 0.00733. The number of anilines is 1. The molecule has 0 amide bonds. The minimum Gasteiger partial charge on any atom is -0.491 e. The zero-order valence-corrected chi connectivity index (χ0v) is 33.1. The minimum atomic E-state index is -4.08. The monoisotopic (exact) mass is 791 g/mol. The molecule has 0 spiro atoms. The molecule has 3 aromatic carbocycles. The van der Waals surface area contributed by atoms with Crippen LogP contribution in [0.3, 0.4) is 0 Å². The number of nitrogen functional groups attached to an aromatic ring is 1. The van der Waals surface area contributed by atoms with Gasteiger partial charge in [-0.1, -0.05) is 23.8 Å². The highest BCUT2D eigenvalue weighted by atomic mass is 32.2. The van der Waals surface area contributed by atoms with E-state index in [0.717, 1.165) is 9.54 Å². The van der Waals surface area contributed by atoms with Crippen molar-refractivity contribution >= 4 is 32.6 Å². The van der Waals surface area contributed by atoms with Gasteiger partial charge < -0.3 is 43.5 Å². The van der Waals surface area contributed by atoms with Gasteiger partial charge in [0.15, 0.2) is 0 Å². The number of ether oxygens (including phenoxy) is 7. The standard InChI is InChI=1S/C41H49N3O11S/c1-29-9-12-33(13-10-29)56(47,48)44-16-15-34-36(27-43(5)40(46)39(34)44)35-25-30(42)11-14-37(35)54-32-8-6-7-31(26-32)53-24-23-51-20-19-49-17-18-50-21-22-52-28-38(45)55-41(2,3)4/h6-16,25-27H,17-24,28,42H2,1-5H3. The van der Waals surface area contributed by atoms with Crippen molar-refractivity contribution in [1.82, 2.24) is 8.54 Å². The van der Waals surface area contributed by atoms with E-state index in [0.29, 0.717) is 85.7 Å². The molecule has 2 heterocycles. The fourth-order valence-electron chi connectivity index (χ4n) is 5.58. The Labute approximate surface area is 326 Å². The van der Waals surface area contributed by atoms with Gasteiger partial charge in [0.1, 0.15) is 41.6 Å². The van der Waals surface area contributed by atoms with Crippen LogP contribution < -0.4 is 20.8 Å². The Kier molecular flexibility index (Phi) is 14.3. The zero-order valence-electron chi connectivity index (χ0n) is 32.3. The third kappa shape index (κ3) is 11.4. The summed E-state index contributed by atoms with van der Waals surface area (Å²) in [5.41, 5.74) is 7.71. The molecule has 0 saturated carbocycles. The van der Waals surface area contributed by atoms with E-state index in [1.54, 1.807) is 94.7 Å². The Bertz CT molecular complexity index is 2260. The number of hydrogen-bond acceptors (Lipinski definition) is 12. The molecule has 0 saturated heterocycles. The maximum atomic E-state index is 13.7. The summed E-state index contributed by atoms with van der Waals surface area (Å²) in [6.45, 7) is 9.95. The lowest BCUT2D eigenvalue weighted by Crippen LogP contribution is -2.27. The van der Waals surface area contributed by atoms with Crippen molar-refractivity contribution in [1.29, 1.82) is 0 Å². The number of fused-ring (bicyclic) bond motifs is 1. The molecule has 0 aliphatic heterocycles. The third-order valence-corrected chi connectivity index (χ3v) is 9.84. The van der Waals surface area contributed by atoms with Crippen LogP contribution in [-0.4, -0.2) is 88.0 Å². The predicted octanol–water partition coefficient (Wildman–Crippen LogP) is 5.71. The molecule has 56 heavy (non-hydrogen) atoms. The molecular weight excluding hydrogens is 743 g/mol. The molecular formula is C41H49N3O11S. The fourth-order valence-corrected chi connectivity index (χ4v) is 6.92. The first-order valence-corrected chi connectivity index (χ1v) is 19.5. The summed E-state index contributed by atoms with van der Waals surface area (Å²) in [7, 11) is -2.51. The van der Waals surface area contributed by atoms with Crippen LogP contribution in [0.15, 0.2) is 94.9 Å². The van der Waals surface area contributed by atoms with Crippen LogP contribution in [0.25, 0.3) is 22.0 Å². The largest absolute Gasteiger partial charge is 0.491 e. The summed E-state index contributed by atoms with van der Waals surface area (Å²) in [6, 6.07) is 20.3. The van der Waals surface area contributed by atoms with Gasteiger partial charge >= 0.3 is 5.97 Å². The topological polar surface area (TPSA) is 169 Å². The highest BCUT2D eigenvalue weighted by Gasteiger charge is 2.24. The van der Waals surface area contributed by atoms with E-state index in [1.165, 1.54) is 22.9 Å². The van der Waals surface area contributed by atoms with E-state index < -0.39 is 27.2 Å². The number of benzene rings is 3. The van der Waals surface area contributed by atoms with Gasteiger partial charge in [-0.05, 0) is 76.2 Å². The summed E-state index contributed by atoms with van der Waals surface area (Å²) in [5.74, 6) is 1.07. The van der Waals surface area contributed by atoms with Crippen LogP contribution >= 0.6 is 0 Å². The number of carbonyl (C=O) groups excluding carboxylic acids is 1. The second kappa shape index (κ2) is 19.1. The Balaban J connectivity index is 1.12. The molecule has 5 rings (SSSR count). The van der Waals surface area contributed by atoms with Crippen LogP contribution in [0.1, 0.15) is 26.3 Å². The van der Waals surface area contributed by atoms with Crippen molar-refractivity contribution in [2.24, 2.45) is 7.05 Å². The Morgan fingerprint density at radius 2 is 1.39 bits per heavy atom. The Hall–Kier alpha value is -5.19. The van der Waals surface area contributed by atoms with Crippen molar-refractivity contribution < 1.29 is 46.4 Å². The summed E-state index contributed by atoms with van der Waals surface area (Å²) in [6.07, 6.45) is 3.03. The zero-order chi connectivity index (χ0) is 40.3. The molecule has 0 fully saturated rings. The van der Waals surface area contributed by atoms with Crippen LogP contribution in [0.5, 0.6) is 17.2 Å². The average Bonchev–Trinajstić information content (AvgIpc) is 3.60. The maximum absolute atomic E-state index is 13.7. The predicted molar refractivity (Wildman–Crippen MR) is 212 cm³/mol.